The fourth-order valence-electron chi connectivity index (χ4n) is 1.92. The van der Waals surface area contributed by atoms with Gasteiger partial charge < -0.3 is 5.32 Å². The molecule has 0 aliphatic heterocycles. The van der Waals surface area contributed by atoms with Crippen LogP contribution in [0.2, 0.25) is 0 Å². The summed E-state index contributed by atoms with van der Waals surface area (Å²) >= 11 is 0. The van der Waals surface area contributed by atoms with E-state index < -0.39 is 0 Å². The summed E-state index contributed by atoms with van der Waals surface area (Å²) in [7, 11) is 2.01. The average Bonchev–Trinajstić information content (AvgIpc) is 2.02. The zero-order valence-corrected chi connectivity index (χ0v) is 10.9. The van der Waals surface area contributed by atoms with E-state index in [4.69, 9.17) is 0 Å². The zero-order valence-electron chi connectivity index (χ0n) is 10.1. The lowest BCUT2D eigenvalue weighted by Gasteiger charge is -2.24. The normalized spacial score (nSPS) is 10.9. The minimum atomic E-state index is 0. The maximum Gasteiger partial charge on any atom is 0.000270 e. The molecule has 0 atom stereocenters. The zero-order chi connectivity index (χ0) is 10.6. The SMILES string of the molecule is CNCC(C)(C)Cc1cccc(C)c1.Cl. The molecule has 0 aromatic heterocycles. The van der Waals surface area contributed by atoms with E-state index in [0.717, 1.165) is 13.0 Å². The van der Waals surface area contributed by atoms with Gasteiger partial charge >= 0.3 is 0 Å². The molecule has 0 aliphatic carbocycles. The Balaban J connectivity index is 0.00000196. The molecule has 0 saturated heterocycles. The van der Waals surface area contributed by atoms with Gasteiger partial charge in [0.1, 0.15) is 0 Å². The van der Waals surface area contributed by atoms with Crippen molar-refractivity contribution < 1.29 is 0 Å². The van der Waals surface area contributed by atoms with Gasteiger partial charge in [-0.3, -0.25) is 0 Å². The number of hydrogen-bond donors (Lipinski definition) is 1. The number of rotatable bonds is 4. The number of aryl methyl sites for hydroxylation is 1. The van der Waals surface area contributed by atoms with Crippen LogP contribution in [0.3, 0.4) is 0 Å². The van der Waals surface area contributed by atoms with E-state index in [1.54, 1.807) is 0 Å². The van der Waals surface area contributed by atoms with Gasteiger partial charge in [0.05, 0.1) is 0 Å². The molecule has 0 spiro atoms. The van der Waals surface area contributed by atoms with Crippen molar-refractivity contribution in [2.45, 2.75) is 27.2 Å². The second-order valence-corrected chi connectivity index (χ2v) is 4.86. The third kappa shape index (κ3) is 5.19. The van der Waals surface area contributed by atoms with E-state index in [2.05, 4.69) is 50.4 Å². The van der Waals surface area contributed by atoms with Crippen molar-refractivity contribution in [1.82, 2.24) is 5.32 Å². The molecule has 1 nitrogen and oxygen atoms in total. The van der Waals surface area contributed by atoms with Crippen molar-refractivity contribution in [1.29, 1.82) is 0 Å². The summed E-state index contributed by atoms with van der Waals surface area (Å²) in [5, 5.41) is 3.24. The molecule has 2 heteroatoms. The van der Waals surface area contributed by atoms with Crippen molar-refractivity contribution in [3.05, 3.63) is 35.4 Å². The Bertz CT molecular complexity index is 294. The molecule has 0 amide bonds. The van der Waals surface area contributed by atoms with Gasteiger partial charge in [0.25, 0.3) is 0 Å². The lowest BCUT2D eigenvalue weighted by Crippen LogP contribution is -2.28. The minimum Gasteiger partial charge on any atom is -0.319 e. The maximum absolute atomic E-state index is 3.24. The van der Waals surface area contributed by atoms with Crippen LogP contribution in [-0.4, -0.2) is 13.6 Å². The highest BCUT2D eigenvalue weighted by atomic mass is 35.5. The molecule has 0 aliphatic rings. The maximum atomic E-state index is 3.24. The molecule has 0 fully saturated rings. The van der Waals surface area contributed by atoms with E-state index in [-0.39, 0.29) is 12.4 Å². The van der Waals surface area contributed by atoms with Crippen LogP contribution in [0.25, 0.3) is 0 Å². The Kier molecular flexibility index (Phi) is 5.92. The molecule has 86 valence electrons. The molecule has 0 saturated carbocycles. The highest BCUT2D eigenvalue weighted by molar-refractivity contribution is 5.85. The molecule has 0 unspecified atom stereocenters. The molecule has 0 radical (unpaired) electrons. The van der Waals surface area contributed by atoms with Crippen molar-refractivity contribution in [2.75, 3.05) is 13.6 Å². The van der Waals surface area contributed by atoms with Gasteiger partial charge in [-0.1, -0.05) is 43.7 Å². The van der Waals surface area contributed by atoms with Gasteiger partial charge in [0, 0.05) is 6.54 Å². The van der Waals surface area contributed by atoms with E-state index >= 15 is 0 Å². The topological polar surface area (TPSA) is 12.0 Å². The molecule has 1 N–H and O–H groups in total. The van der Waals surface area contributed by atoms with Crippen LogP contribution >= 0.6 is 12.4 Å². The van der Waals surface area contributed by atoms with E-state index in [9.17, 15) is 0 Å². The van der Waals surface area contributed by atoms with E-state index in [0.29, 0.717) is 5.41 Å². The molecule has 1 aromatic rings. The average molecular weight is 228 g/mol. The van der Waals surface area contributed by atoms with E-state index in [1.165, 1.54) is 11.1 Å². The Morgan fingerprint density at radius 1 is 1.27 bits per heavy atom. The molecule has 1 rings (SSSR count). The molecule has 0 bridgehead atoms. The summed E-state index contributed by atoms with van der Waals surface area (Å²) in [4.78, 5) is 0. The second-order valence-electron chi connectivity index (χ2n) is 4.86. The summed E-state index contributed by atoms with van der Waals surface area (Å²) in [6.45, 7) is 7.80. The fourth-order valence-corrected chi connectivity index (χ4v) is 1.92. The van der Waals surface area contributed by atoms with Gasteiger partial charge in [0.15, 0.2) is 0 Å². The Morgan fingerprint density at radius 2 is 1.93 bits per heavy atom. The Hall–Kier alpha value is -0.530. The highest BCUT2D eigenvalue weighted by Crippen LogP contribution is 2.21. The quantitative estimate of drug-likeness (QED) is 0.833. The number of benzene rings is 1. The predicted molar refractivity (Wildman–Crippen MR) is 69.8 cm³/mol. The van der Waals surface area contributed by atoms with Crippen LogP contribution in [0.4, 0.5) is 0 Å². The van der Waals surface area contributed by atoms with Gasteiger partial charge in [0.2, 0.25) is 0 Å². The minimum absolute atomic E-state index is 0. The first-order valence-corrected chi connectivity index (χ1v) is 5.24. The van der Waals surface area contributed by atoms with Crippen LogP contribution in [0.1, 0.15) is 25.0 Å². The summed E-state index contributed by atoms with van der Waals surface area (Å²) in [5.41, 5.74) is 3.12. The lowest BCUT2D eigenvalue weighted by atomic mass is 9.85. The molecule has 0 heterocycles. The largest absolute Gasteiger partial charge is 0.319 e. The van der Waals surface area contributed by atoms with Gasteiger partial charge in [-0.05, 0) is 31.4 Å². The van der Waals surface area contributed by atoms with Crippen molar-refractivity contribution in [2.24, 2.45) is 5.41 Å². The molecule has 1 aromatic carbocycles. The molecular formula is C13H22ClN. The smallest absolute Gasteiger partial charge is 0.000270 e. The number of halogens is 1. The van der Waals surface area contributed by atoms with Gasteiger partial charge in [-0.15, -0.1) is 12.4 Å². The number of nitrogens with one attached hydrogen (secondary N) is 1. The second kappa shape index (κ2) is 6.14. The predicted octanol–water partition coefficient (Wildman–Crippen LogP) is 3.20. The summed E-state index contributed by atoms with van der Waals surface area (Å²) < 4.78 is 0. The lowest BCUT2D eigenvalue weighted by molar-refractivity contribution is 0.350. The fraction of sp³-hybridized carbons (Fsp3) is 0.538. The van der Waals surface area contributed by atoms with Crippen molar-refractivity contribution in [3.63, 3.8) is 0 Å². The first-order valence-electron chi connectivity index (χ1n) is 5.24. The van der Waals surface area contributed by atoms with Crippen LogP contribution in [0, 0.1) is 12.3 Å². The Morgan fingerprint density at radius 3 is 2.47 bits per heavy atom. The van der Waals surface area contributed by atoms with Crippen molar-refractivity contribution in [3.8, 4) is 0 Å². The van der Waals surface area contributed by atoms with Crippen LogP contribution in [-0.2, 0) is 6.42 Å². The third-order valence-electron chi connectivity index (χ3n) is 2.42. The van der Waals surface area contributed by atoms with Gasteiger partial charge in [-0.2, -0.15) is 0 Å². The van der Waals surface area contributed by atoms with Crippen molar-refractivity contribution >= 4 is 12.4 Å². The number of hydrogen-bond acceptors (Lipinski definition) is 1. The first-order chi connectivity index (χ1) is 6.53. The standard InChI is InChI=1S/C13H21N.ClH/c1-11-6-5-7-12(8-11)9-13(2,3)10-14-4;/h5-8,14H,9-10H2,1-4H3;1H. The molecule has 15 heavy (non-hydrogen) atoms. The van der Waals surface area contributed by atoms with Gasteiger partial charge in [-0.25, -0.2) is 0 Å². The molecular weight excluding hydrogens is 206 g/mol. The first kappa shape index (κ1) is 14.5. The monoisotopic (exact) mass is 227 g/mol. The van der Waals surface area contributed by atoms with Crippen LogP contribution in [0.15, 0.2) is 24.3 Å². The third-order valence-corrected chi connectivity index (χ3v) is 2.42. The van der Waals surface area contributed by atoms with Crippen LogP contribution < -0.4 is 5.32 Å². The summed E-state index contributed by atoms with van der Waals surface area (Å²) in [5.74, 6) is 0. The van der Waals surface area contributed by atoms with Crippen LogP contribution in [0.5, 0.6) is 0 Å². The Labute approximate surface area is 99.7 Å². The highest BCUT2D eigenvalue weighted by Gasteiger charge is 2.16. The summed E-state index contributed by atoms with van der Waals surface area (Å²) in [6.07, 6.45) is 1.13. The van der Waals surface area contributed by atoms with E-state index in [1.807, 2.05) is 7.05 Å². The summed E-state index contributed by atoms with van der Waals surface area (Å²) in [6, 6.07) is 8.77.